The Balaban J connectivity index is 2.90. The second kappa shape index (κ2) is 6.21. The first-order chi connectivity index (χ1) is 8.52. The van der Waals surface area contributed by atoms with E-state index in [2.05, 4.69) is 20.6 Å². The molecule has 18 heavy (non-hydrogen) atoms. The predicted octanol–water partition coefficient (Wildman–Crippen LogP) is -0.906. The average Bonchev–Trinajstić information content (AvgIpc) is 2.29. The van der Waals surface area contributed by atoms with Crippen LogP contribution in [0.15, 0.2) is 39.4 Å². The Hall–Kier alpha value is -2.61. The van der Waals surface area contributed by atoms with Crippen LogP contribution in [0.4, 0.5) is 5.69 Å². The first-order valence-electron chi connectivity index (χ1n) is 5.07. The summed E-state index contributed by atoms with van der Waals surface area (Å²) in [5, 5.41) is 3.85. The smallest absolute Gasteiger partial charge is 0.223 e. The van der Waals surface area contributed by atoms with Crippen LogP contribution in [-0.2, 0) is 0 Å². The Morgan fingerprint density at radius 1 is 1.11 bits per heavy atom. The van der Waals surface area contributed by atoms with Crippen molar-refractivity contribution in [1.29, 1.82) is 0 Å². The molecule has 8 heteroatoms. The van der Waals surface area contributed by atoms with E-state index in [-0.39, 0.29) is 11.9 Å². The summed E-state index contributed by atoms with van der Waals surface area (Å²) in [6, 6.07) is 7.19. The number of aliphatic imine (C=N–C) groups is 2. The lowest BCUT2D eigenvalue weighted by Gasteiger charge is -2.01. The van der Waals surface area contributed by atoms with Crippen LogP contribution in [0.5, 0.6) is 0 Å². The highest BCUT2D eigenvalue weighted by Crippen LogP contribution is 2.13. The summed E-state index contributed by atoms with van der Waals surface area (Å²) in [5.41, 5.74) is 20.4. The fourth-order valence-corrected chi connectivity index (χ4v) is 1.23. The largest absolute Gasteiger partial charge is 0.370 e. The zero-order chi connectivity index (χ0) is 13.5. The average molecular weight is 248 g/mol. The third kappa shape index (κ3) is 4.10. The van der Waals surface area contributed by atoms with Gasteiger partial charge in [0.25, 0.3) is 0 Å². The van der Waals surface area contributed by atoms with Crippen LogP contribution in [0, 0.1) is 0 Å². The second-order valence-electron chi connectivity index (χ2n) is 3.38. The minimum atomic E-state index is -0.134. The summed E-state index contributed by atoms with van der Waals surface area (Å²) < 4.78 is 0. The van der Waals surface area contributed by atoms with Gasteiger partial charge in [0.2, 0.25) is 5.96 Å². The van der Waals surface area contributed by atoms with Gasteiger partial charge in [0.15, 0.2) is 5.96 Å². The molecule has 0 saturated heterocycles. The molecule has 0 aromatic heterocycles. The molecule has 0 fully saturated rings. The van der Waals surface area contributed by atoms with E-state index in [9.17, 15) is 0 Å². The normalized spacial score (nSPS) is 12.1. The van der Waals surface area contributed by atoms with Crippen LogP contribution in [0.3, 0.4) is 0 Å². The maximum atomic E-state index is 5.50. The van der Waals surface area contributed by atoms with Crippen molar-refractivity contribution in [2.45, 2.75) is 6.92 Å². The van der Waals surface area contributed by atoms with E-state index in [1.165, 1.54) is 0 Å². The van der Waals surface area contributed by atoms with Crippen LogP contribution in [-0.4, -0.2) is 17.6 Å². The number of nitrogens with zero attached hydrogens (tertiary/aromatic N) is 3. The number of hydrogen-bond acceptors (Lipinski definition) is 4. The summed E-state index contributed by atoms with van der Waals surface area (Å²) >= 11 is 0. The van der Waals surface area contributed by atoms with E-state index in [0.717, 1.165) is 11.3 Å². The first kappa shape index (κ1) is 13.5. The zero-order valence-corrected chi connectivity index (χ0v) is 9.96. The minimum absolute atomic E-state index is 0.00300. The van der Waals surface area contributed by atoms with Crippen LogP contribution >= 0.6 is 0 Å². The molecular formula is C10H16N8. The van der Waals surface area contributed by atoms with E-state index in [1.807, 2.05) is 19.1 Å². The molecule has 1 aromatic carbocycles. The molecule has 0 spiro atoms. The fourth-order valence-electron chi connectivity index (χ4n) is 1.23. The van der Waals surface area contributed by atoms with Crippen LogP contribution < -0.4 is 28.6 Å². The van der Waals surface area contributed by atoms with Gasteiger partial charge in [-0.15, -0.1) is 0 Å². The highest BCUT2D eigenvalue weighted by molar-refractivity contribution is 5.99. The van der Waals surface area contributed by atoms with Crippen LogP contribution in [0.2, 0.25) is 0 Å². The number of guanidine groups is 2. The Kier molecular flexibility index (Phi) is 4.64. The lowest BCUT2D eigenvalue weighted by Crippen LogP contribution is -2.26. The third-order valence-electron chi connectivity index (χ3n) is 2.00. The number of rotatable bonds is 3. The number of nitrogens with two attached hydrogens (primary N) is 4. The number of hydrazone groups is 1. The molecule has 96 valence electrons. The van der Waals surface area contributed by atoms with Crippen molar-refractivity contribution in [1.82, 2.24) is 5.53 Å². The van der Waals surface area contributed by atoms with Gasteiger partial charge in [0.1, 0.15) is 0 Å². The molecule has 0 heterocycles. The third-order valence-corrected chi connectivity index (χ3v) is 2.00. The Labute approximate surface area is 104 Å². The molecule has 0 amide bonds. The number of nitrogens with one attached hydrogen (secondary N) is 1. The molecule has 0 bridgehead atoms. The molecule has 0 aliphatic heterocycles. The highest BCUT2D eigenvalue weighted by atomic mass is 15.5. The topological polar surface area (TPSA) is 153 Å². The van der Waals surface area contributed by atoms with Crippen molar-refractivity contribution in [3.8, 4) is 0 Å². The first-order valence-corrected chi connectivity index (χ1v) is 5.07. The van der Waals surface area contributed by atoms with E-state index < -0.39 is 0 Å². The monoisotopic (exact) mass is 248 g/mol. The molecule has 0 aliphatic rings. The van der Waals surface area contributed by atoms with Gasteiger partial charge in [-0.1, -0.05) is 12.1 Å². The Morgan fingerprint density at radius 2 is 1.72 bits per heavy atom. The molecule has 0 atom stereocenters. The van der Waals surface area contributed by atoms with Gasteiger partial charge in [0, 0.05) is 0 Å². The molecule has 9 N–H and O–H groups in total. The van der Waals surface area contributed by atoms with Crippen molar-refractivity contribution in [2.75, 3.05) is 0 Å². The summed E-state index contributed by atoms with van der Waals surface area (Å²) in [4.78, 5) is 7.62. The summed E-state index contributed by atoms with van der Waals surface area (Å²) in [7, 11) is 0. The lowest BCUT2D eigenvalue weighted by molar-refractivity contribution is 0.805. The number of hydrogen-bond donors (Lipinski definition) is 5. The molecular weight excluding hydrogens is 232 g/mol. The van der Waals surface area contributed by atoms with Gasteiger partial charge in [-0.05, 0) is 24.6 Å². The highest BCUT2D eigenvalue weighted by Gasteiger charge is 1.98. The van der Waals surface area contributed by atoms with Gasteiger partial charge in [-0.3, -0.25) is 0 Å². The standard InChI is InChI=1S/C10H16N8/c1-6(17-18-14)7-2-4-8(5-3-7)15-10(13)16-9(11)12/h2-5,18H,14H2,1H3,(H6,11,12,13,15,16). The predicted molar refractivity (Wildman–Crippen MR) is 73.1 cm³/mol. The molecule has 0 aliphatic carbocycles. The number of benzene rings is 1. The van der Waals surface area contributed by atoms with Crippen LogP contribution in [0.25, 0.3) is 0 Å². The van der Waals surface area contributed by atoms with Crippen molar-refractivity contribution >= 4 is 23.3 Å². The van der Waals surface area contributed by atoms with Crippen molar-refractivity contribution in [3.05, 3.63) is 29.8 Å². The Morgan fingerprint density at radius 3 is 2.22 bits per heavy atom. The minimum Gasteiger partial charge on any atom is -0.370 e. The van der Waals surface area contributed by atoms with E-state index in [1.54, 1.807) is 12.1 Å². The van der Waals surface area contributed by atoms with E-state index in [0.29, 0.717) is 5.69 Å². The molecule has 8 nitrogen and oxygen atoms in total. The van der Waals surface area contributed by atoms with Gasteiger partial charge in [0.05, 0.1) is 11.4 Å². The summed E-state index contributed by atoms with van der Waals surface area (Å²) in [6.07, 6.45) is 0. The van der Waals surface area contributed by atoms with E-state index >= 15 is 0 Å². The molecule has 0 radical (unpaired) electrons. The van der Waals surface area contributed by atoms with Gasteiger partial charge >= 0.3 is 0 Å². The van der Waals surface area contributed by atoms with Crippen molar-refractivity contribution in [2.24, 2.45) is 38.1 Å². The molecule has 0 saturated carbocycles. The van der Waals surface area contributed by atoms with Gasteiger partial charge < -0.3 is 17.2 Å². The van der Waals surface area contributed by atoms with Gasteiger partial charge in [-0.2, -0.15) is 10.1 Å². The van der Waals surface area contributed by atoms with Crippen molar-refractivity contribution < 1.29 is 0 Å². The maximum Gasteiger partial charge on any atom is 0.223 e. The fraction of sp³-hybridized carbons (Fsp3) is 0.100. The maximum absolute atomic E-state index is 5.50. The molecule has 1 aromatic rings. The van der Waals surface area contributed by atoms with Crippen molar-refractivity contribution in [3.63, 3.8) is 0 Å². The van der Waals surface area contributed by atoms with Crippen LogP contribution in [0.1, 0.15) is 12.5 Å². The second-order valence-corrected chi connectivity index (χ2v) is 3.38. The molecule has 1 rings (SSSR count). The zero-order valence-electron chi connectivity index (χ0n) is 9.96. The lowest BCUT2D eigenvalue weighted by atomic mass is 10.1. The van der Waals surface area contributed by atoms with E-state index in [4.69, 9.17) is 23.0 Å². The molecule has 0 unspecified atom stereocenters. The Bertz CT molecular complexity index is 481. The number of hydrazine groups is 1. The van der Waals surface area contributed by atoms with Gasteiger partial charge in [-0.25, -0.2) is 16.4 Å². The summed E-state index contributed by atoms with van der Waals surface area (Å²) in [6.45, 7) is 1.83. The quantitative estimate of drug-likeness (QED) is 0.203. The summed E-state index contributed by atoms with van der Waals surface area (Å²) in [5.74, 6) is 4.96. The SMILES string of the molecule is CC(=NNN)c1ccc(N=C(N)N=C(N)N)cc1.